The Labute approximate surface area is 77.4 Å². The van der Waals surface area contributed by atoms with Gasteiger partial charge in [0.15, 0.2) is 11.4 Å². The summed E-state index contributed by atoms with van der Waals surface area (Å²) >= 11 is 0. The van der Waals surface area contributed by atoms with E-state index in [0.29, 0.717) is 5.69 Å². The van der Waals surface area contributed by atoms with E-state index in [1.54, 1.807) is 38.1 Å². The van der Waals surface area contributed by atoms with Crippen LogP contribution < -0.4 is 11.0 Å². The first-order chi connectivity index (χ1) is 5.99. The summed E-state index contributed by atoms with van der Waals surface area (Å²) in [7, 11) is 0. The summed E-state index contributed by atoms with van der Waals surface area (Å²) in [6, 6.07) is 8.77. The number of rotatable bonds is 3. The number of benzene rings is 1. The molecule has 0 saturated heterocycles. The van der Waals surface area contributed by atoms with Crippen LogP contribution in [0.25, 0.3) is 0 Å². The quantitative estimate of drug-likeness (QED) is 0.523. The highest BCUT2D eigenvalue weighted by atomic mass is 16.9. The fraction of sp³-hybridized carbons (Fsp3) is 0.333. The normalized spacial score (nSPS) is 14.2. The molecule has 0 aliphatic carbocycles. The standard InChI is InChI=1S/C9H14N2O2/c1-9(2,10)13-11(12)8-6-4-3-5-7-8/h3-7,11H,10H2,1-2H3. The summed E-state index contributed by atoms with van der Waals surface area (Å²) in [5.41, 5.74) is 5.12. The van der Waals surface area contributed by atoms with E-state index in [4.69, 9.17) is 10.6 Å². The summed E-state index contributed by atoms with van der Waals surface area (Å²) in [5.74, 6) is 0. The van der Waals surface area contributed by atoms with Crippen molar-refractivity contribution in [1.29, 1.82) is 0 Å². The van der Waals surface area contributed by atoms with Crippen molar-refractivity contribution in [3.63, 3.8) is 0 Å². The molecular weight excluding hydrogens is 168 g/mol. The van der Waals surface area contributed by atoms with E-state index >= 15 is 0 Å². The summed E-state index contributed by atoms with van der Waals surface area (Å²) in [5, 5.41) is 11.0. The maximum Gasteiger partial charge on any atom is 0.171 e. The van der Waals surface area contributed by atoms with E-state index in [2.05, 4.69) is 0 Å². The van der Waals surface area contributed by atoms with Gasteiger partial charge in [0.2, 0.25) is 0 Å². The van der Waals surface area contributed by atoms with Gasteiger partial charge in [0.05, 0.1) is 0 Å². The van der Waals surface area contributed by atoms with Crippen LogP contribution in [0.5, 0.6) is 0 Å². The molecule has 13 heavy (non-hydrogen) atoms. The van der Waals surface area contributed by atoms with E-state index < -0.39 is 11.0 Å². The van der Waals surface area contributed by atoms with Gasteiger partial charge in [-0.25, -0.2) is 0 Å². The molecule has 0 aromatic heterocycles. The Morgan fingerprint density at radius 1 is 1.31 bits per heavy atom. The first-order valence-electron chi connectivity index (χ1n) is 4.06. The molecular formula is C9H14N2O2. The maximum atomic E-state index is 11.4. The molecule has 4 heteroatoms. The minimum Gasteiger partial charge on any atom is -0.595 e. The van der Waals surface area contributed by atoms with E-state index in [1.165, 1.54) is 0 Å². The molecule has 0 radical (unpaired) electrons. The van der Waals surface area contributed by atoms with Crippen molar-refractivity contribution >= 4 is 5.69 Å². The molecule has 0 spiro atoms. The van der Waals surface area contributed by atoms with E-state index in [9.17, 15) is 5.21 Å². The van der Waals surface area contributed by atoms with Crippen LogP contribution in [0.2, 0.25) is 0 Å². The number of nitrogens with one attached hydrogen (secondary N) is 1. The van der Waals surface area contributed by atoms with Gasteiger partial charge in [-0.1, -0.05) is 18.2 Å². The SMILES string of the molecule is CC(C)(N)O[NH+]([O-])c1ccccc1. The lowest BCUT2D eigenvalue weighted by atomic mass is 10.3. The van der Waals surface area contributed by atoms with Crippen molar-refractivity contribution in [2.45, 2.75) is 19.6 Å². The van der Waals surface area contributed by atoms with Crippen molar-refractivity contribution in [3.05, 3.63) is 35.5 Å². The van der Waals surface area contributed by atoms with Crippen LogP contribution in [0.1, 0.15) is 13.8 Å². The molecule has 4 nitrogen and oxygen atoms in total. The van der Waals surface area contributed by atoms with Crippen molar-refractivity contribution in [2.75, 3.05) is 0 Å². The monoisotopic (exact) mass is 182 g/mol. The van der Waals surface area contributed by atoms with Gasteiger partial charge in [-0.3, -0.25) is 5.73 Å². The largest absolute Gasteiger partial charge is 0.595 e. The van der Waals surface area contributed by atoms with Gasteiger partial charge >= 0.3 is 0 Å². The van der Waals surface area contributed by atoms with Gasteiger partial charge in [-0.15, -0.1) is 0 Å². The number of quaternary nitrogens is 1. The van der Waals surface area contributed by atoms with Crippen LogP contribution in [0.15, 0.2) is 30.3 Å². The van der Waals surface area contributed by atoms with E-state index in [0.717, 1.165) is 0 Å². The number of nitrogens with two attached hydrogens (primary N) is 1. The Kier molecular flexibility index (Phi) is 3.00. The molecule has 0 amide bonds. The summed E-state index contributed by atoms with van der Waals surface area (Å²) < 4.78 is 0. The highest BCUT2D eigenvalue weighted by Gasteiger charge is 2.17. The molecule has 1 aromatic rings. The second kappa shape index (κ2) is 3.85. The van der Waals surface area contributed by atoms with Crippen molar-refractivity contribution in [1.82, 2.24) is 0 Å². The van der Waals surface area contributed by atoms with Gasteiger partial charge in [0.25, 0.3) is 0 Å². The molecule has 0 aliphatic rings. The molecule has 1 atom stereocenters. The Morgan fingerprint density at radius 3 is 2.31 bits per heavy atom. The summed E-state index contributed by atoms with van der Waals surface area (Å²) in [6.45, 7) is 3.27. The topological polar surface area (TPSA) is 62.8 Å². The molecule has 1 unspecified atom stereocenters. The molecule has 0 fully saturated rings. The highest BCUT2D eigenvalue weighted by molar-refractivity contribution is 5.27. The van der Waals surface area contributed by atoms with Gasteiger partial charge in [-0.2, -0.15) is 10.1 Å². The average Bonchev–Trinajstić information content (AvgIpc) is 2.03. The minimum atomic E-state index is -0.924. The first-order valence-corrected chi connectivity index (χ1v) is 4.06. The second-order valence-corrected chi connectivity index (χ2v) is 3.36. The van der Waals surface area contributed by atoms with Crippen LogP contribution in [0.3, 0.4) is 0 Å². The molecule has 0 heterocycles. The van der Waals surface area contributed by atoms with Gasteiger partial charge < -0.3 is 5.21 Å². The molecule has 1 rings (SSSR count). The molecule has 72 valence electrons. The number of hydrogen-bond donors (Lipinski definition) is 2. The third kappa shape index (κ3) is 3.52. The van der Waals surface area contributed by atoms with Gasteiger partial charge in [0.1, 0.15) is 0 Å². The summed E-state index contributed by atoms with van der Waals surface area (Å²) in [4.78, 5) is 4.96. The van der Waals surface area contributed by atoms with Crippen LogP contribution in [0.4, 0.5) is 5.69 Å². The molecule has 3 N–H and O–H groups in total. The van der Waals surface area contributed by atoms with Crippen LogP contribution in [-0.2, 0) is 4.84 Å². The van der Waals surface area contributed by atoms with Crippen LogP contribution >= 0.6 is 0 Å². The lowest BCUT2D eigenvalue weighted by Gasteiger charge is -2.26. The molecule has 0 aliphatic heterocycles. The van der Waals surface area contributed by atoms with Crippen LogP contribution in [0, 0.1) is 5.21 Å². The first kappa shape index (κ1) is 10.1. The maximum absolute atomic E-state index is 11.4. The lowest BCUT2D eigenvalue weighted by Crippen LogP contribution is -3.03. The predicted octanol–water partition coefficient (Wildman–Crippen LogP) is 0.327. The van der Waals surface area contributed by atoms with Gasteiger partial charge in [-0.05, 0) is 13.8 Å². The van der Waals surface area contributed by atoms with Crippen molar-refractivity contribution in [2.24, 2.45) is 5.73 Å². The van der Waals surface area contributed by atoms with Gasteiger partial charge in [0, 0.05) is 12.1 Å². The fourth-order valence-electron chi connectivity index (χ4n) is 0.872. The Balaban J connectivity index is 2.64. The van der Waals surface area contributed by atoms with E-state index in [-0.39, 0.29) is 0 Å². The Morgan fingerprint density at radius 2 is 1.85 bits per heavy atom. The zero-order valence-electron chi connectivity index (χ0n) is 7.78. The van der Waals surface area contributed by atoms with Crippen LogP contribution in [-0.4, -0.2) is 5.72 Å². The van der Waals surface area contributed by atoms with Crippen molar-refractivity contribution < 1.29 is 10.1 Å². The fourth-order valence-corrected chi connectivity index (χ4v) is 0.872. The zero-order chi connectivity index (χ0) is 9.90. The van der Waals surface area contributed by atoms with E-state index in [1.807, 2.05) is 6.07 Å². The smallest absolute Gasteiger partial charge is 0.171 e. The Bertz CT molecular complexity index is 256. The zero-order valence-corrected chi connectivity index (χ0v) is 7.78. The minimum absolute atomic E-state index is 0.395. The molecule has 0 bridgehead atoms. The second-order valence-electron chi connectivity index (χ2n) is 3.36. The summed E-state index contributed by atoms with van der Waals surface area (Å²) in [6.07, 6.45) is 0. The molecule has 1 aromatic carbocycles. The third-order valence-corrected chi connectivity index (χ3v) is 1.37. The average molecular weight is 182 g/mol. The number of hydrogen-bond acceptors (Lipinski definition) is 3. The predicted molar refractivity (Wildman–Crippen MR) is 49.8 cm³/mol. The highest BCUT2D eigenvalue weighted by Crippen LogP contribution is 2.00. The lowest BCUT2D eigenvalue weighted by molar-refractivity contribution is -1.01. The Hall–Kier alpha value is -0.940. The van der Waals surface area contributed by atoms with Crippen molar-refractivity contribution in [3.8, 4) is 0 Å². The molecule has 0 saturated carbocycles. The third-order valence-electron chi connectivity index (χ3n) is 1.37.